The van der Waals surface area contributed by atoms with Crippen molar-refractivity contribution in [1.82, 2.24) is 5.32 Å². The Balaban J connectivity index is 1.66. The number of amides is 2. The summed E-state index contributed by atoms with van der Waals surface area (Å²) >= 11 is 0. The summed E-state index contributed by atoms with van der Waals surface area (Å²) in [6.07, 6.45) is 7.61. The van der Waals surface area contributed by atoms with Gasteiger partial charge in [0.1, 0.15) is 0 Å². The third-order valence-corrected chi connectivity index (χ3v) is 7.21. The van der Waals surface area contributed by atoms with E-state index >= 15 is 0 Å². The Morgan fingerprint density at radius 2 is 1.84 bits per heavy atom. The average Bonchev–Trinajstić information content (AvgIpc) is 2.80. The third kappa shape index (κ3) is 5.88. The Kier molecular flexibility index (Phi) is 8.29. The van der Waals surface area contributed by atoms with Gasteiger partial charge in [-0.3, -0.25) is 9.59 Å². The molecule has 0 aromatic heterocycles. The molecule has 3 rings (SSSR count). The molecule has 1 aliphatic heterocycles. The Bertz CT molecular complexity index is 834. The van der Waals surface area contributed by atoms with Gasteiger partial charge in [0.25, 0.3) is 5.91 Å². The molecule has 1 saturated carbocycles. The molecule has 32 heavy (non-hydrogen) atoms. The number of ether oxygens (including phenoxy) is 1. The Morgan fingerprint density at radius 3 is 2.53 bits per heavy atom. The number of para-hydroxylation sites is 1. The van der Waals surface area contributed by atoms with Gasteiger partial charge in [0.2, 0.25) is 5.91 Å². The Hall–Kier alpha value is -2.41. The van der Waals surface area contributed by atoms with Crippen molar-refractivity contribution in [3.8, 4) is 0 Å². The summed E-state index contributed by atoms with van der Waals surface area (Å²) in [6, 6.07) is 5.60. The number of nitrogens with one attached hydrogen (secondary N) is 2. The fraction of sp³-hybridized carbons (Fsp3) is 0.640. The van der Waals surface area contributed by atoms with Crippen molar-refractivity contribution in [2.45, 2.75) is 64.8 Å². The summed E-state index contributed by atoms with van der Waals surface area (Å²) in [6.45, 7) is 6.59. The van der Waals surface area contributed by atoms with E-state index < -0.39 is 5.97 Å². The molecule has 2 atom stereocenters. The zero-order chi connectivity index (χ0) is 23.1. The molecule has 7 nitrogen and oxygen atoms in total. The number of benzene rings is 1. The van der Waals surface area contributed by atoms with Gasteiger partial charge in [-0.2, -0.15) is 0 Å². The van der Waals surface area contributed by atoms with Crippen LogP contribution in [0.1, 0.15) is 67.8 Å². The number of likely N-dealkylation sites (tertiary alicyclic amines) is 1. The van der Waals surface area contributed by atoms with E-state index in [9.17, 15) is 14.4 Å². The molecule has 2 aliphatic rings. The summed E-state index contributed by atoms with van der Waals surface area (Å²) in [5.74, 6) is -0.511. The number of nitrogens with zero attached hydrogens (tertiary/aromatic N) is 1. The summed E-state index contributed by atoms with van der Waals surface area (Å²) < 4.78 is 5.46. The van der Waals surface area contributed by atoms with Crippen molar-refractivity contribution in [2.75, 3.05) is 38.6 Å². The van der Waals surface area contributed by atoms with Crippen LogP contribution in [-0.2, 0) is 14.3 Å². The smallest absolute Gasteiger partial charge is 0.339 e. The van der Waals surface area contributed by atoms with E-state index in [0.29, 0.717) is 34.9 Å². The molecule has 1 aliphatic carbocycles. The van der Waals surface area contributed by atoms with Gasteiger partial charge >= 0.3 is 5.97 Å². The summed E-state index contributed by atoms with van der Waals surface area (Å²) in [5, 5.41) is 6.23. The molecule has 1 saturated heterocycles. The van der Waals surface area contributed by atoms with E-state index in [4.69, 9.17) is 4.74 Å². The highest BCUT2D eigenvalue weighted by Crippen LogP contribution is 2.26. The van der Waals surface area contributed by atoms with Crippen LogP contribution in [-0.4, -0.2) is 61.6 Å². The molecule has 0 bridgehead atoms. The SMILES string of the molecule is CC[N+]1(CC(=O)Nc2c(C)cccc2C(=O)OC)CCCC(C(=O)NC2CCCCC2)C1. The second kappa shape index (κ2) is 10.9. The van der Waals surface area contributed by atoms with Crippen LogP contribution >= 0.6 is 0 Å². The van der Waals surface area contributed by atoms with Gasteiger partial charge in [0.05, 0.1) is 43.9 Å². The standard InChI is InChI=1S/C25H37N3O4/c1-4-28(15-9-11-19(16-28)24(30)26-20-12-6-5-7-13-20)17-22(29)27-23-18(2)10-8-14-21(23)25(31)32-3/h8,10,14,19-20H,4-7,9,11-13,15-17H2,1-3H3,(H-,26,27,29,30,31)/p+1. The lowest BCUT2D eigenvalue weighted by Gasteiger charge is -2.43. The van der Waals surface area contributed by atoms with E-state index in [1.54, 1.807) is 12.1 Å². The number of carbonyl (C=O) groups excluding carboxylic acids is 3. The first kappa shape index (κ1) is 24.2. The van der Waals surface area contributed by atoms with Crippen LogP contribution in [0, 0.1) is 12.8 Å². The van der Waals surface area contributed by atoms with Crippen LogP contribution in [0.5, 0.6) is 0 Å². The van der Waals surface area contributed by atoms with Gasteiger partial charge in [-0.25, -0.2) is 4.79 Å². The highest BCUT2D eigenvalue weighted by atomic mass is 16.5. The molecule has 7 heteroatoms. The van der Waals surface area contributed by atoms with Crippen LogP contribution in [0.3, 0.4) is 0 Å². The minimum absolute atomic E-state index is 0.0532. The topological polar surface area (TPSA) is 84.5 Å². The van der Waals surface area contributed by atoms with Gasteiger partial charge in [0, 0.05) is 6.04 Å². The van der Waals surface area contributed by atoms with Crippen LogP contribution in [0.15, 0.2) is 18.2 Å². The van der Waals surface area contributed by atoms with Gasteiger partial charge in [-0.1, -0.05) is 31.4 Å². The molecule has 176 valence electrons. The monoisotopic (exact) mass is 444 g/mol. The third-order valence-electron chi connectivity index (χ3n) is 7.21. The molecular weight excluding hydrogens is 406 g/mol. The summed E-state index contributed by atoms with van der Waals surface area (Å²) in [7, 11) is 1.33. The van der Waals surface area contributed by atoms with E-state index in [0.717, 1.165) is 44.3 Å². The molecule has 0 radical (unpaired) electrons. The van der Waals surface area contributed by atoms with Gasteiger partial charge in [-0.05, 0) is 51.2 Å². The van der Waals surface area contributed by atoms with E-state index in [1.165, 1.54) is 26.4 Å². The van der Waals surface area contributed by atoms with Crippen molar-refractivity contribution >= 4 is 23.5 Å². The zero-order valence-electron chi connectivity index (χ0n) is 19.7. The van der Waals surface area contributed by atoms with Gasteiger partial charge in [0.15, 0.2) is 6.54 Å². The molecule has 1 aromatic rings. The fourth-order valence-electron chi connectivity index (χ4n) is 5.24. The Labute approximate surface area is 191 Å². The summed E-state index contributed by atoms with van der Waals surface area (Å²) in [5.41, 5.74) is 1.67. The molecule has 1 aromatic carbocycles. The number of likely N-dealkylation sites (N-methyl/N-ethyl adjacent to an activating group) is 1. The minimum atomic E-state index is -0.471. The first-order valence-electron chi connectivity index (χ1n) is 12.0. The van der Waals surface area contributed by atoms with Crippen molar-refractivity contribution < 1.29 is 23.6 Å². The average molecular weight is 445 g/mol. The molecule has 2 N–H and O–H groups in total. The maximum absolute atomic E-state index is 13.1. The van der Waals surface area contributed by atoms with Crippen molar-refractivity contribution in [3.63, 3.8) is 0 Å². The second-order valence-corrected chi connectivity index (χ2v) is 9.44. The van der Waals surface area contributed by atoms with E-state index in [-0.39, 0.29) is 17.7 Å². The number of hydrogen-bond acceptors (Lipinski definition) is 4. The van der Waals surface area contributed by atoms with Crippen molar-refractivity contribution in [2.24, 2.45) is 5.92 Å². The number of hydrogen-bond donors (Lipinski definition) is 2. The first-order valence-corrected chi connectivity index (χ1v) is 12.0. The molecule has 1 heterocycles. The quantitative estimate of drug-likeness (QED) is 0.499. The van der Waals surface area contributed by atoms with E-state index in [1.807, 2.05) is 13.0 Å². The molecule has 2 fully saturated rings. The number of carbonyl (C=O) groups is 3. The lowest BCUT2D eigenvalue weighted by molar-refractivity contribution is -0.925. The molecule has 2 unspecified atom stereocenters. The summed E-state index contributed by atoms with van der Waals surface area (Å²) in [4.78, 5) is 38.2. The largest absolute Gasteiger partial charge is 0.465 e. The number of esters is 1. The number of rotatable bonds is 7. The predicted octanol–water partition coefficient (Wildman–Crippen LogP) is 3.42. The van der Waals surface area contributed by atoms with Crippen LogP contribution in [0.2, 0.25) is 0 Å². The van der Waals surface area contributed by atoms with Crippen LogP contribution in [0.4, 0.5) is 5.69 Å². The lowest BCUT2D eigenvalue weighted by Crippen LogP contribution is -2.59. The number of anilines is 1. The van der Waals surface area contributed by atoms with Crippen molar-refractivity contribution in [3.05, 3.63) is 29.3 Å². The van der Waals surface area contributed by atoms with Gasteiger partial charge in [-0.15, -0.1) is 0 Å². The highest BCUT2D eigenvalue weighted by Gasteiger charge is 2.39. The first-order chi connectivity index (χ1) is 15.4. The fourth-order valence-corrected chi connectivity index (χ4v) is 5.24. The normalized spacial score (nSPS) is 23.9. The molecule has 2 amide bonds. The van der Waals surface area contributed by atoms with Crippen molar-refractivity contribution in [1.29, 1.82) is 0 Å². The number of methoxy groups -OCH3 is 1. The maximum atomic E-state index is 13.1. The lowest BCUT2D eigenvalue weighted by atomic mass is 9.92. The predicted molar refractivity (Wildman–Crippen MR) is 124 cm³/mol. The van der Waals surface area contributed by atoms with Crippen LogP contribution in [0.25, 0.3) is 0 Å². The number of piperidine rings is 1. The second-order valence-electron chi connectivity index (χ2n) is 9.44. The van der Waals surface area contributed by atoms with E-state index in [2.05, 4.69) is 17.6 Å². The zero-order valence-corrected chi connectivity index (χ0v) is 19.7. The van der Waals surface area contributed by atoms with Crippen LogP contribution < -0.4 is 10.6 Å². The molecular formula is C25H38N3O4+. The maximum Gasteiger partial charge on any atom is 0.339 e. The number of quaternary nitrogens is 1. The number of aryl methyl sites for hydroxylation is 1. The molecule has 0 spiro atoms. The van der Waals surface area contributed by atoms with Gasteiger partial charge < -0.3 is 19.9 Å². The minimum Gasteiger partial charge on any atom is -0.465 e. The highest BCUT2D eigenvalue weighted by molar-refractivity contribution is 6.02. The Morgan fingerprint density at radius 1 is 1.09 bits per heavy atom.